The predicted molar refractivity (Wildman–Crippen MR) is 103 cm³/mol. The Balaban J connectivity index is 1.61. The molecule has 0 saturated heterocycles. The fourth-order valence-electron chi connectivity index (χ4n) is 4.03. The van der Waals surface area contributed by atoms with Crippen molar-refractivity contribution in [3.05, 3.63) is 24.3 Å². The van der Waals surface area contributed by atoms with E-state index < -0.39 is 0 Å². The monoisotopic (exact) mass is 360 g/mol. The molecule has 0 spiro atoms. The smallest absolute Gasteiger partial charge is 0.238 e. The largest absolute Gasteiger partial charge is 0.353 e. The summed E-state index contributed by atoms with van der Waals surface area (Å²) in [5.41, 5.74) is 0.843. The molecule has 3 rings (SSSR count). The molecule has 0 radical (unpaired) electrons. The van der Waals surface area contributed by atoms with Crippen LogP contribution in [0.25, 0.3) is 0 Å². The van der Waals surface area contributed by atoms with Gasteiger partial charge in [-0.1, -0.05) is 39.3 Å². The number of hydrogen-bond donors (Lipinski definition) is 2. The molecule has 1 saturated carbocycles. The molecule has 136 valence electrons. The number of para-hydroxylation sites is 1. The van der Waals surface area contributed by atoms with Gasteiger partial charge in [0.1, 0.15) is 0 Å². The van der Waals surface area contributed by atoms with Gasteiger partial charge in [-0.25, -0.2) is 0 Å². The average molecular weight is 361 g/mol. The van der Waals surface area contributed by atoms with Crippen LogP contribution >= 0.6 is 11.8 Å². The molecule has 2 N–H and O–H groups in total. The highest BCUT2D eigenvalue weighted by atomic mass is 32.2. The number of hydrogen-bond acceptors (Lipinski definition) is 3. The van der Waals surface area contributed by atoms with Crippen molar-refractivity contribution in [1.82, 2.24) is 5.32 Å². The third-order valence-electron chi connectivity index (χ3n) is 5.45. The van der Waals surface area contributed by atoms with Crippen molar-refractivity contribution in [1.29, 1.82) is 0 Å². The van der Waals surface area contributed by atoms with E-state index in [2.05, 4.69) is 31.4 Å². The predicted octanol–water partition coefficient (Wildman–Crippen LogP) is 4.07. The van der Waals surface area contributed by atoms with Crippen molar-refractivity contribution in [2.24, 2.45) is 17.8 Å². The number of carbonyl (C=O) groups is 2. The maximum absolute atomic E-state index is 12.6. The minimum atomic E-state index is -0.353. The first-order valence-corrected chi connectivity index (χ1v) is 10.2. The minimum absolute atomic E-state index is 0.00298. The molecule has 25 heavy (non-hydrogen) atoms. The van der Waals surface area contributed by atoms with E-state index >= 15 is 0 Å². The summed E-state index contributed by atoms with van der Waals surface area (Å²) in [6, 6.07) is 7.98. The van der Waals surface area contributed by atoms with Crippen LogP contribution in [0.1, 0.15) is 46.5 Å². The van der Waals surface area contributed by atoms with Crippen LogP contribution in [0.2, 0.25) is 0 Å². The summed E-state index contributed by atoms with van der Waals surface area (Å²) in [6.07, 6.45) is 3.70. The van der Waals surface area contributed by atoms with Gasteiger partial charge in [-0.2, -0.15) is 0 Å². The molecule has 2 aliphatic rings. The Bertz CT molecular complexity index is 646. The molecule has 5 heteroatoms. The number of nitrogens with one attached hydrogen (secondary N) is 2. The number of anilines is 1. The number of rotatable bonds is 4. The van der Waals surface area contributed by atoms with Gasteiger partial charge >= 0.3 is 0 Å². The van der Waals surface area contributed by atoms with Crippen molar-refractivity contribution in [2.75, 3.05) is 5.32 Å². The summed E-state index contributed by atoms with van der Waals surface area (Å²) < 4.78 is 0. The van der Waals surface area contributed by atoms with Gasteiger partial charge in [-0.3, -0.25) is 9.59 Å². The van der Waals surface area contributed by atoms with Crippen LogP contribution in [0.15, 0.2) is 29.2 Å². The molecule has 1 heterocycles. The zero-order valence-electron chi connectivity index (χ0n) is 15.2. The number of benzene rings is 1. The molecule has 4 nitrogen and oxygen atoms in total. The molecule has 4 atom stereocenters. The van der Waals surface area contributed by atoms with Crippen LogP contribution in [-0.4, -0.2) is 23.1 Å². The van der Waals surface area contributed by atoms with E-state index in [1.807, 2.05) is 24.3 Å². The number of thioether (sulfide) groups is 1. The van der Waals surface area contributed by atoms with E-state index in [-0.39, 0.29) is 29.5 Å². The van der Waals surface area contributed by atoms with Crippen molar-refractivity contribution in [2.45, 2.75) is 62.6 Å². The lowest BCUT2D eigenvalue weighted by molar-refractivity contribution is -0.125. The zero-order chi connectivity index (χ0) is 18.0. The molecule has 0 aromatic heterocycles. The minimum Gasteiger partial charge on any atom is -0.353 e. The maximum atomic E-state index is 12.6. The standard InChI is InChI=1S/C20H28N2O2S/c1-12(2)14-9-8-13(3)10-16(14)21-19(23)11-18-20(24)22-15-6-4-5-7-17(15)25-18/h4-7,12-14,16,18H,8-11H2,1-3H3,(H,21,23)(H,22,24). The van der Waals surface area contributed by atoms with Gasteiger partial charge in [0.25, 0.3) is 0 Å². The number of carbonyl (C=O) groups excluding carboxylic acids is 2. The molecule has 0 bridgehead atoms. The average Bonchev–Trinajstić information content (AvgIpc) is 2.55. The van der Waals surface area contributed by atoms with Gasteiger partial charge in [0.15, 0.2) is 0 Å². The fourth-order valence-corrected chi connectivity index (χ4v) is 5.14. The highest BCUT2D eigenvalue weighted by Crippen LogP contribution is 2.37. The van der Waals surface area contributed by atoms with Crippen LogP contribution in [0.3, 0.4) is 0 Å². The van der Waals surface area contributed by atoms with Crippen LogP contribution in [-0.2, 0) is 9.59 Å². The quantitative estimate of drug-likeness (QED) is 0.851. The Hall–Kier alpha value is -1.49. The van der Waals surface area contributed by atoms with Gasteiger partial charge in [0, 0.05) is 17.4 Å². The van der Waals surface area contributed by atoms with E-state index in [1.165, 1.54) is 24.6 Å². The van der Waals surface area contributed by atoms with E-state index in [1.54, 1.807) is 0 Å². The van der Waals surface area contributed by atoms with Crippen molar-refractivity contribution >= 4 is 29.3 Å². The number of amides is 2. The molecule has 4 unspecified atom stereocenters. The van der Waals surface area contributed by atoms with Crippen molar-refractivity contribution in [3.8, 4) is 0 Å². The SMILES string of the molecule is CC1CCC(C(C)C)C(NC(=O)CC2Sc3ccccc3NC2=O)C1. The molecule has 1 aliphatic heterocycles. The van der Waals surface area contributed by atoms with E-state index in [9.17, 15) is 9.59 Å². The molecular weight excluding hydrogens is 332 g/mol. The number of fused-ring (bicyclic) bond motifs is 1. The lowest BCUT2D eigenvalue weighted by Crippen LogP contribution is -2.47. The Morgan fingerprint density at radius 3 is 2.84 bits per heavy atom. The van der Waals surface area contributed by atoms with Gasteiger partial charge < -0.3 is 10.6 Å². The first-order valence-electron chi connectivity index (χ1n) is 9.30. The maximum Gasteiger partial charge on any atom is 0.238 e. The molecule has 1 aliphatic carbocycles. The summed E-state index contributed by atoms with van der Waals surface area (Å²) in [5, 5.41) is 5.80. The summed E-state index contributed by atoms with van der Waals surface area (Å²) in [5.74, 6) is 1.68. The van der Waals surface area contributed by atoms with Crippen LogP contribution in [0.5, 0.6) is 0 Å². The second-order valence-corrected chi connectivity index (χ2v) is 9.04. The Labute approximate surface area is 154 Å². The van der Waals surface area contributed by atoms with E-state index in [0.29, 0.717) is 17.8 Å². The van der Waals surface area contributed by atoms with Crippen molar-refractivity contribution in [3.63, 3.8) is 0 Å². The van der Waals surface area contributed by atoms with E-state index in [4.69, 9.17) is 0 Å². The molecule has 1 aromatic carbocycles. The summed E-state index contributed by atoms with van der Waals surface area (Å²) in [4.78, 5) is 25.9. The molecule has 2 amide bonds. The van der Waals surface area contributed by atoms with Crippen molar-refractivity contribution < 1.29 is 9.59 Å². The highest BCUT2D eigenvalue weighted by Gasteiger charge is 2.34. The second-order valence-electron chi connectivity index (χ2n) is 7.80. The third kappa shape index (κ3) is 4.38. The lowest BCUT2D eigenvalue weighted by Gasteiger charge is -2.38. The Morgan fingerprint density at radius 1 is 1.32 bits per heavy atom. The topological polar surface area (TPSA) is 58.2 Å². The van der Waals surface area contributed by atoms with E-state index in [0.717, 1.165) is 17.0 Å². The normalized spacial score (nSPS) is 29.0. The Kier molecular flexibility index (Phi) is 5.72. The fraction of sp³-hybridized carbons (Fsp3) is 0.600. The molecular formula is C20H28N2O2S. The Morgan fingerprint density at radius 2 is 2.08 bits per heavy atom. The van der Waals surface area contributed by atoms with Gasteiger partial charge in [0.05, 0.1) is 10.9 Å². The van der Waals surface area contributed by atoms with Crippen LogP contribution in [0.4, 0.5) is 5.69 Å². The van der Waals surface area contributed by atoms with Crippen LogP contribution in [0, 0.1) is 17.8 Å². The van der Waals surface area contributed by atoms with Gasteiger partial charge in [0.2, 0.25) is 11.8 Å². The van der Waals surface area contributed by atoms with Gasteiger partial charge in [-0.05, 0) is 42.7 Å². The third-order valence-corrected chi connectivity index (χ3v) is 6.72. The highest BCUT2D eigenvalue weighted by molar-refractivity contribution is 8.01. The summed E-state index contributed by atoms with van der Waals surface area (Å²) >= 11 is 1.49. The molecule has 1 aromatic rings. The zero-order valence-corrected chi connectivity index (χ0v) is 16.1. The van der Waals surface area contributed by atoms with Gasteiger partial charge in [-0.15, -0.1) is 11.8 Å². The summed E-state index contributed by atoms with van der Waals surface area (Å²) in [7, 11) is 0. The molecule has 1 fully saturated rings. The van der Waals surface area contributed by atoms with Crippen LogP contribution < -0.4 is 10.6 Å². The second kappa shape index (κ2) is 7.81. The first-order chi connectivity index (χ1) is 11.9. The lowest BCUT2D eigenvalue weighted by atomic mass is 9.74. The summed E-state index contributed by atoms with van der Waals surface area (Å²) in [6.45, 7) is 6.74. The first kappa shape index (κ1) is 18.3.